The molecule has 1 amide bonds. The summed E-state index contributed by atoms with van der Waals surface area (Å²) < 4.78 is 1.74. The molecule has 0 spiro atoms. The van der Waals surface area contributed by atoms with E-state index >= 15 is 0 Å². The SMILES string of the molecule is CC1CC(N)N(C(=O)c2nn(C)c3ccccc23)C1.Cl. The van der Waals surface area contributed by atoms with Crippen molar-refractivity contribution in [3.63, 3.8) is 0 Å². The Balaban J connectivity index is 0.00000147. The summed E-state index contributed by atoms with van der Waals surface area (Å²) in [6, 6.07) is 7.77. The minimum absolute atomic E-state index is 0. The number of para-hydroxylation sites is 1. The summed E-state index contributed by atoms with van der Waals surface area (Å²) in [6.07, 6.45) is 0.666. The van der Waals surface area contributed by atoms with Crippen LogP contribution in [0.15, 0.2) is 24.3 Å². The van der Waals surface area contributed by atoms with E-state index in [1.807, 2.05) is 31.3 Å². The van der Waals surface area contributed by atoms with Gasteiger partial charge >= 0.3 is 0 Å². The molecule has 2 aromatic rings. The number of nitrogens with zero attached hydrogens (tertiary/aromatic N) is 3. The van der Waals surface area contributed by atoms with E-state index in [9.17, 15) is 4.79 Å². The van der Waals surface area contributed by atoms with Crippen molar-refractivity contribution in [1.29, 1.82) is 0 Å². The van der Waals surface area contributed by atoms with Crippen molar-refractivity contribution in [1.82, 2.24) is 14.7 Å². The van der Waals surface area contributed by atoms with E-state index in [-0.39, 0.29) is 24.5 Å². The topological polar surface area (TPSA) is 64.2 Å². The molecule has 2 atom stereocenters. The zero-order valence-corrected chi connectivity index (χ0v) is 12.4. The molecule has 2 heterocycles. The zero-order valence-electron chi connectivity index (χ0n) is 11.6. The van der Waals surface area contributed by atoms with Crippen LogP contribution in [0.3, 0.4) is 0 Å². The summed E-state index contributed by atoms with van der Waals surface area (Å²) >= 11 is 0. The highest BCUT2D eigenvalue weighted by molar-refractivity contribution is 6.05. The van der Waals surface area contributed by atoms with Crippen LogP contribution >= 0.6 is 12.4 Å². The van der Waals surface area contributed by atoms with E-state index in [0.29, 0.717) is 18.2 Å². The fourth-order valence-electron chi connectivity index (χ4n) is 2.83. The van der Waals surface area contributed by atoms with Crippen molar-refractivity contribution < 1.29 is 4.79 Å². The number of nitrogens with two attached hydrogens (primary N) is 1. The predicted molar refractivity (Wildman–Crippen MR) is 80.8 cm³/mol. The lowest BCUT2D eigenvalue weighted by Crippen LogP contribution is -2.41. The van der Waals surface area contributed by atoms with E-state index in [0.717, 1.165) is 17.3 Å². The van der Waals surface area contributed by atoms with Gasteiger partial charge in [-0.1, -0.05) is 25.1 Å². The molecule has 0 saturated carbocycles. The van der Waals surface area contributed by atoms with Crippen molar-refractivity contribution >= 4 is 29.2 Å². The third-order valence-electron chi connectivity index (χ3n) is 3.77. The number of hydrogen-bond donors (Lipinski definition) is 1. The van der Waals surface area contributed by atoms with Gasteiger partial charge in [0.25, 0.3) is 5.91 Å². The quantitative estimate of drug-likeness (QED) is 0.872. The van der Waals surface area contributed by atoms with E-state index in [1.165, 1.54) is 0 Å². The van der Waals surface area contributed by atoms with Crippen LogP contribution in [0, 0.1) is 5.92 Å². The molecule has 1 aliphatic heterocycles. The van der Waals surface area contributed by atoms with Gasteiger partial charge in [-0.3, -0.25) is 9.48 Å². The van der Waals surface area contributed by atoms with E-state index in [2.05, 4.69) is 12.0 Å². The normalized spacial score (nSPS) is 22.1. The van der Waals surface area contributed by atoms with Gasteiger partial charge in [0.05, 0.1) is 11.7 Å². The van der Waals surface area contributed by atoms with Gasteiger partial charge in [-0.15, -0.1) is 12.4 Å². The first-order valence-electron chi connectivity index (χ1n) is 6.56. The standard InChI is InChI=1S/C14H18N4O.ClH/c1-9-7-12(15)18(8-9)14(19)13-10-5-3-4-6-11(10)17(2)16-13;/h3-6,9,12H,7-8,15H2,1-2H3;1H. The van der Waals surface area contributed by atoms with Crippen molar-refractivity contribution in [2.75, 3.05) is 6.54 Å². The number of halogens is 1. The second-order valence-electron chi connectivity index (χ2n) is 5.36. The Hall–Kier alpha value is -1.59. The van der Waals surface area contributed by atoms with Gasteiger partial charge in [0.15, 0.2) is 5.69 Å². The number of benzene rings is 1. The monoisotopic (exact) mass is 294 g/mol. The Kier molecular flexibility index (Phi) is 4.01. The molecule has 1 saturated heterocycles. The minimum atomic E-state index is -0.191. The first-order valence-corrected chi connectivity index (χ1v) is 6.56. The molecule has 1 aliphatic rings. The highest BCUT2D eigenvalue weighted by atomic mass is 35.5. The van der Waals surface area contributed by atoms with E-state index in [1.54, 1.807) is 9.58 Å². The summed E-state index contributed by atoms with van der Waals surface area (Å²) in [5, 5.41) is 5.25. The van der Waals surface area contributed by atoms with Crippen LogP contribution in [0.2, 0.25) is 0 Å². The fourth-order valence-corrected chi connectivity index (χ4v) is 2.83. The largest absolute Gasteiger partial charge is 0.322 e. The lowest BCUT2D eigenvalue weighted by atomic mass is 10.1. The lowest BCUT2D eigenvalue weighted by molar-refractivity contribution is 0.0732. The molecule has 20 heavy (non-hydrogen) atoms. The number of rotatable bonds is 1. The van der Waals surface area contributed by atoms with Gasteiger partial charge < -0.3 is 10.6 Å². The Bertz CT molecular complexity index is 639. The van der Waals surface area contributed by atoms with Gasteiger partial charge in [-0.25, -0.2) is 0 Å². The average Bonchev–Trinajstić information content (AvgIpc) is 2.90. The number of fused-ring (bicyclic) bond motifs is 1. The number of likely N-dealkylation sites (tertiary alicyclic amines) is 1. The molecule has 108 valence electrons. The van der Waals surface area contributed by atoms with E-state index < -0.39 is 0 Å². The molecule has 5 nitrogen and oxygen atoms in total. The number of amides is 1. The Morgan fingerprint density at radius 2 is 2.10 bits per heavy atom. The second kappa shape index (κ2) is 5.42. The lowest BCUT2D eigenvalue weighted by Gasteiger charge is -2.20. The van der Waals surface area contributed by atoms with Crippen LogP contribution in [-0.4, -0.2) is 33.3 Å². The van der Waals surface area contributed by atoms with Crippen molar-refractivity contribution in [2.45, 2.75) is 19.5 Å². The van der Waals surface area contributed by atoms with E-state index in [4.69, 9.17) is 5.73 Å². The molecule has 1 aromatic heterocycles. The summed E-state index contributed by atoms with van der Waals surface area (Å²) in [7, 11) is 1.85. The number of hydrogen-bond acceptors (Lipinski definition) is 3. The first kappa shape index (κ1) is 14.8. The predicted octanol–water partition coefficient (Wildman–Crippen LogP) is 1.76. The Labute approximate surface area is 124 Å². The van der Waals surface area contributed by atoms with Crippen LogP contribution in [0.4, 0.5) is 0 Å². The third-order valence-corrected chi connectivity index (χ3v) is 3.77. The average molecular weight is 295 g/mol. The molecular formula is C14H19ClN4O. The summed E-state index contributed by atoms with van der Waals surface area (Å²) in [5.74, 6) is 0.391. The third kappa shape index (κ3) is 2.27. The molecule has 0 radical (unpaired) electrons. The molecule has 0 bridgehead atoms. The smallest absolute Gasteiger partial charge is 0.276 e. The van der Waals surface area contributed by atoms with Gasteiger partial charge in [-0.2, -0.15) is 5.10 Å². The molecule has 0 aliphatic carbocycles. The van der Waals surface area contributed by atoms with Gasteiger partial charge in [0.2, 0.25) is 0 Å². The van der Waals surface area contributed by atoms with Crippen LogP contribution in [0.25, 0.3) is 10.9 Å². The fraction of sp³-hybridized carbons (Fsp3) is 0.429. The molecule has 2 N–H and O–H groups in total. The summed E-state index contributed by atoms with van der Waals surface area (Å²) in [4.78, 5) is 14.3. The van der Waals surface area contributed by atoms with Crippen LogP contribution in [0.1, 0.15) is 23.8 Å². The minimum Gasteiger partial charge on any atom is -0.322 e. The molecule has 2 unspecified atom stereocenters. The van der Waals surface area contributed by atoms with Gasteiger partial charge in [-0.05, 0) is 18.4 Å². The molecule has 6 heteroatoms. The number of carbonyl (C=O) groups is 1. The maximum absolute atomic E-state index is 12.6. The molecular weight excluding hydrogens is 276 g/mol. The van der Waals surface area contributed by atoms with Crippen LogP contribution in [0.5, 0.6) is 0 Å². The number of aryl methyl sites for hydroxylation is 1. The zero-order chi connectivity index (χ0) is 13.6. The van der Waals surface area contributed by atoms with Crippen LogP contribution in [-0.2, 0) is 7.05 Å². The van der Waals surface area contributed by atoms with Gasteiger partial charge in [0, 0.05) is 19.0 Å². The van der Waals surface area contributed by atoms with Crippen LogP contribution < -0.4 is 5.73 Å². The first-order chi connectivity index (χ1) is 9.08. The maximum Gasteiger partial charge on any atom is 0.276 e. The second-order valence-corrected chi connectivity index (χ2v) is 5.36. The summed E-state index contributed by atoms with van der Waals surface area (Å²) in [5.41, 5.74) is 7.50. The Morgan fingerprint density at radius 3 is 2.75 bits per heavy atom. The molecule has 1 fully saturated rings. The summed E-state index contributed by atoms with van der Waals surface area (Å²) in [6.45, 7) is 2.83. The number of carbonyl (C=O) groups excluding carboxylic acids is 1. The van der Waals surface area contributed by atoms with Gasteiger partial charge in [0.1, 0.15) is 0 Å². The Morgan fingerprint density at radius 1 is 1.40 bits per heavy atom. The molecule has 3 rings (SSSR count). The van der Waals surface area contributed by atoms with Crippen molar-refractivity contribution in [3.05, 3.63) is 30.0 Å². The van der Waals surface area contributed by atoms with Crippen molar-refractivity contribution in [2.24, 2.45) is 18.7 Å². The highest BCUT2D eigenvalue weighted by Crippen LogP contribution is 2.24. The highest BCUT2D eigenvalue weighted by Gasteiger charge is 2.33. The maximum atomic E-state index is 12.6. The molecule has 1 aromatic carbocycles. The number of aromatic nitrogens is 2. The van der Waals surface area contributed by atoms with Crippen molar-refractivity contribution in [3.8, 4) is 0 Å².